The molecule has 1 aromatic rings. The van der Waals surface area contributed by atoms with Gasteiger partial charge in [-0.15, -0.1) is 11.3 Å². The fourth-order valence-corrected chi connectivity index (χ4v) is 3.82. The summed E-state index contributed by atoms with van der Waals surface area (Å²) >= 11 is 1.34. The maximum absolute atomic E-state index is 12.1. The molecule has 1 unspecified atom stereocenters. The van der Waals surface area contributed by atoms with Crippen LogP contribution < -0.4 is 4.90 Å². The summed E-state index contributed by atoms with van der Waals surface area (Å²) in [5.41, 5.74) is 1.25. The van der Waals surface area contributed by atoms with Crippen LogP contribution in [-0.4, -0.2) is 36.6 Å². The Balaban J connectivity index is 2.47. The summed E-state index contributed by atoms with van der Waals surface area (Å²) in [7, 11) is 1.30. The predicted molar refractivity (Wildman–Crippen MR) is 77.9 cm³/mol. The third-order valence-electron chi connectivity index (χ3n) is 3.65. The number of hydrogen-bond donors (Lipinski definition) is 1. The Labute approximate surface area is 126 Å². The van der Waals surface area contributed by atoms with Crippen molar-refractivity contribution >= 4 is 34.2 Å². The van der Waals surface area contributed by atoms with Crippen molar-refractivity contribution in [1.82, 2.24) is 0 Å². The van der Waals surface area contributed by atoms with Gasteiger partial charge in [0.1, 0.15) is 5.00 Å². The summed E-state index contributed by atoms with van der Waals surface area (Å²) in [6.45, 7) is 3.91. The van der Waals surface area contributed by atoms with Crippen LogP contribution in [0.1, 0.15) is 34.1 Å². The Hall–Kier alpha value is -1.89. The third-order valence-corrected chi connectivity index (χ3v) is 4.82. The number of carbonyl (C=O) groups excluding carboxylic acids is 2. The number of carboxylic acid groups (broad SMARTS) is 1. The molecule has 1 saturated heterocycles. The van der Waals surface area contributed by atoms with Crippen molar-refractivity contribution in [3.63, 3.8) is 0 Å². The van der Waals surface area contributed by atoms with Crippen LogP contribution in [0, 0.1) is 12.8 Å². The first-order chi connectivity index (χ1) is 9.90. The van der Waals surface area contributed by atoms with Gasteiger partial charge in [-0.3, -0.25) is 9.59 Å². The normalized spacial score (nSPS) is 18.1. The van der Waals surface area contributed by atoms with Crippen molar-refractivity contribution in [3.8, 4) is 0 Å². The molecule has 1 atom stereocenters. The number of aliphatic carboxylic acids is 1. The Bertz CT molecular complexity index is 607. The minimum Gasteiger partial charge on any atom is -0.481 e. The maximum atomic E-state index is 12.1. The van der Waals surface area contributed by atoms with Gasteiger partial charge in [0.05, 0.1) is 18.6 Å². The molecule has 6 nitrogen and oxygen atoms in total. The van der Waals surface area contributed by atoms with E-state index >= 15 is 0 Å². The number of thiophene rings is 1. The fraction of sp³-hybridized carbons (Fsp3) is 0.500. The van der Waals surface area contributed by atoms with Gasteiger partial charge >= 0.3 is 11.9 Å². The van der Waals surface area contributed by atoms with Gasteiger partial charge in [-0.05, 0) is 18.9 Å². The largest absolute Gasteiger partial charge is 0.481 e. The molecule has 7 heteroatoms. The van der Waals surface area contributed by atoms with Crippen LogP contribution in [-0.2, 0) is 20.7 Å². The summed E-state index contributed by atoms with van der Waals surface area (Å²) < 4.78 is 4.82. The van der Waals surface area contributed by atoms with Crippen LogP contribution in [0.5, 0.6) is 0 Å². The molecule has 1 amide bonds. The van der Waals surface area contributed by atoms with E-state index in [4.69, 9.17) is 9.84 Å². The van der Waals surface area contributed by atoms with E-state index in [1.807, 2.05) is 13.8 Å². The van der Waals surface area contributed by atoms with E-state index in [1.54, 1.807) is 0 Å². The summed E-state index contributed by atoms with van der Waals surface area (Å²) in [5.74, 6) is -2.47. The van der Waals surface area contributed by atoms with E-state index in [9.17, 15) is 14.4 Å². The number of methoxy groups -OCH3 is 1. The van der Waals surface area contributed by atoms with E-state index in [0.717, 1.165) is 10.4 Å². The first-order valence-corrected chi connectivity index (χ1v) is 7.46. The van der Waals surface area contributed by atoms with Gasteiger partial charge in [0.2, 0.25) is 5.91 Å². The standard InChI is InChI=1S/C14H17NO5S/c1-4-9-7(2)21-12(11(9)14(19)20-3)15-6-8(13(17)18)5-10(15)16/h8H,4-6H2,1-3H3,(H,17,18). The number of aryl methyl sites for hydroxylation is 1. The lowest BCUT2D eigenvalue weighted by molar-refractivity contribution is -0.141. The number of amides is 1. The Kier molecular flexibility index (Phi) is 4.32. The molecule has 2 rings (SSSR count). The SMILES string of the molecule is CCc1c(C)sc(N2CC(C(=O)O)CC2=O)c1C(=O)OC. The Morgan fingerprint density at radius 2 is 2.14 bits per heavy atom. The van der Waals surface area contributed by atoms with Gasteiger partial charge in [-0.2, -0.15) is 0 Å². The lowest BCUT2D eigenvalue weighted by atomic mass is 10.1. The van der Waals surface area contributed by atoms with Crippen molar-refractivity contribution in [3.05, 3.63) is 16.0 Å². The van der Waals surface area contributed by atoms with Gasteiger partial charge in [0.15, 0.2) is 0 Å². The van der Waals surface area contributed by atoms with Crippen molar-refractivity contribution in [2.45, 2.75) is 26.7 Å². The highest BCUT2D eigenvalue weighted by atomic mass is 32.1. The van der Waals surface area contributed by atoms with Crippen molar-refractivity contribution in [2.75, 3.05) is 18.6 Å². The minimum absolute atomic E-state index is 0.0334. The number of hydrogen-bond acceptors (Lipinski definition) is 5. The molecular weight excluding hydrogens is 294 g/mol. The lowest BCUT2D eigenvalue weighted by Crippen LogP contribution is -2.26. The summed E-state index contributed by atoms with van der Waals surface area (Å²) in [6.07, 6.45) is 0.617. The molecule has 1 aliphatic heterocycles. The molecule has 2 heterocycles. The second kappa shape index (κ2) is 5.85. The number of carbonyl (C=O) groups is 3. The van der Waals surface area contributed by atoms with Crippen LogP contribution in [0.4, 0.5) is 5.00 Å². The average molecular weight is 311 g/mol. The molecular formula is C14H17NO5S. The molecule has 0 aromatic carbocycles. The van der Waals surface area contributed by atoms with Crippen LogP contribution >= 0.6 is 11.3 Å². The van der Waals surface area contributed by atoms with Gasteiger partial charge in [-0.1, -0.05) is 6.92 Å². The monoisotopic (exact) mass is 311 g/mol. The molecule has 0 bridgehead atoms. The number of nitrogens with zero attached hydrogens (tertiary/aromatic N) is 1. The lowest BCUT2D eigenvalue weighted by Gasteiger charge is -2.16. The zero-order valence-corrected chi connectivity index (χ0v) is 13.0. The van der Waals surface area contributed by atoms with Crippen molar-refractivity contribution in [2.24, 2.45) is 5.92 Å². The molecule has 0 spiro atoms. The van der Waals surface area contributed by atoms with Gasteiger partial charge in [0.25, 0.3) is 0 Å². The molecule has 0 radical (unpaired) electrons. The molecule has 0 saturated carbocycles. The first-order valence-electron chi connectivity index (χ1n) is 6.64. The first kappa shape index (κ1) is 15.5. The highest BCUT2D eigenvalue weighted by molar-refractivity contribution is 7.17. The van der Waals surface area contributed by atoms with Crippen LogP contribution in [0.25, 0.3) is 0 Å². The number of carboxylic acids is 1. The van der Waals surface area contributed by atoms with Gasteiger partial charge < -0.3 is 14.7 Å². The van der Waals surface area contributed by atoms with Crippen molar-refractivity contribution in [1.29, 1.82) is 0 Å². The van der Waals surface area contributed by atoms with Crippen LogP contribution in [0.2, 0.25) is 0 Å². The molecule has 0 aliphatic carbocycles. The highest BCUT2D eigenvalue weighted by Gasteiger charge is 2.38. The Morgan fingerprint density at radius 3 is 2.62 bits per heavy atom. The number of anilines is 1. The number of rotatable bonds is 4. The second-order valence-electron chi connectivity index (χ2n) is 4.91. The summed E-state index contributed by atoms with van der Waals surface area (Å²) in [4.78, 5) is 37.5. The van der Waals surface area contributed by atoms with E-state index in [-0.39, 0.29) is 18.9 Å². The van der Waals surface area contributed by atoms with E-state index in [1.165, 1.54) is 23.3 Å². The molecule has 21 heavy (non-hydrogen) atoms. The third kappa shape index (κ3) is 2.65. The topological polar surface area (TPSA) is 83.9 Å². The molecule has 114 valence electrons. The smallest absolute Gasteiger partial charge is 0.341 e. The average Bonchev–Trinajstić information content (AvgIpc) is 2.98. The minimum atomic E-state index is -0.991. The molecule has 1 aromatic heterocycles. The summed E-state index contributed by atoms with van der Waals surface area (Å²) in [5, 5.41) is 9.56. The highest BCUT2D eigenvalue weighted by Crippen LogP contribution is 2.39. The fourth-order valence-electron chi connectivity index (χ4n) is 2.56. The maximum Gasteiger partial charge on any atom is 0.341 e. The summed E-state index contributed by atoms with van der Waals surface area (Å²) in [6, 6.07) is 0. The quantitative estimate of drug-likeness (QED) is 0.858. The molecule has 1 N–H and O–H groups in total. The number of esters is 1. The molecule has 1 fully saturated rings. The van der Waals surface area contributed by atoms with Crippen molar-refractivity contribution < 1.29 is 24.2 Å². The van der Waals surface area contributed by atoms with E-state index < -0.39 is 17.9 Å². The van der Waals surface area contributed by atoms with E-state index in [0.29, 0.717) is 17.0 Å². The van der Waals surface area contributed by atoms with Crippen LogP contribution in [0.15, 0.2) is 0 Å². The second-order valence-corrected chi connectivity index (χ2v) is 6.11. The molecule has 1 aliphatic rings. The van der Waals surface area contributed by atoms with E-state index in [2.05, 4.69) is 0 Å². The van der Waals surface area contributed by atoms with Gasteiger partial charge in [0, 0.05) is 17.8 Å². The zero-order chi connectivity index (χ0) is 15.7. The zero-order valence-electron chi connectivity index (χ0n) is 12.1. The van der Waals surface area contributed by atoms with Gasteiger partial charge in [-0.25, -0.2) is 4.79 Å². The number of ether oxygens (including phenoxy) is 1. The Morgan fingerprint density at radius 1 is 1.48 bits per heavy atom. The van der Waals surface area contributed by atoms with Crippen LogP contribution in [0.3, 0.4) is 0 Å². The predicted octanol–water partition coefficient (Wildman–Crippen LogP) is 1.84.